The van der Waals surface area contributed by atoms with Crippen LogP contribution in [-0.2, 0) is 23.1 Å². The average molecular weight is 252 g/mol. The molecule has 0 aliphatic heterocycles. The molecular weight excluding hydrogens is 232 g/mol. The minimum absolute atomic E-state index is 0.0999. The molecule has 0 radical (unpaired) electrons. The van der Waals surface area contributed by atoms with Crippen molar-refractivity contribution in [3.05, 3.63) is 15.6 Å². The van der Waals surface area contributed by atoms with E-state index in [4.69, 9.17) is 9.72 Å². The molecule has 0 amide bonds. The fourth-order valence-corrected chi connectivity index (χ4v) is 4.29. The number of aromatic nitrogens is 1. The molecule has 0 spiro atoms. The Bertz CT molecular complexity index is 386. The Labute approximate surface area is 107 Å². The molecule has 1 N–H and O–H groups in total. The molecule has 1 saturated carbocycles. The lowest BCUT2D eigenvalue weighted by Gasteiger charge is -2.45. The molecule has 1 heterocycles. The van der Waals surface area contributed by atoms with E-state index in [1.807, 2.05) is 18.4 Å². The van der Waals surface area contributed by atoms with E-state index in [2.05, 4.69) is 5.32 Å². The van der Waals surface area contributed by atoms with Crippen LogP contribution in [-0.4, -0.2) is 25.2 Å². The summed E-state index contributed by atoms with van der Waals surface area (Å²) in [6.07, 6.45) is 7.59. The van der Waals surface area contributed by atoms with Crippen LogP contribution in [0.4, 0.5) is 0 Å². The van der Waals surface area contributed by atoms with Crippen LogP contribution in [0.25, 0.3) is 0 Å². The van der Waals surface area contributed by atoms with Crippen molar-refractivity contribution >= 4 is 11.3 Å². The summed E-state index contributed by atoms with van der Waals surface area (Å²) in [5.41, 5.74) is 1.47. The number of nitrogens with zero attached hydrogens (tertiary/aromatic N) is 1. The molecule has 3 nitrogen and oxygen atoms in total. The maximum absolute atomic E-state index is 5.40. The van der Waals surface area contributed by atoms with Gasteiger partial charge in [-0.1, -0.05) is 0 Å². The van der Waals surface area contributed by atoms with E-state index in [9.17, 15) is 0 Å². The smallest absolute Gasteiger partial charge is 0.113 e. The molecule has 3 rings (SSSR count). The monoisotopic (exact) mass is 252 g/mol. The van der Waals surface area contributed by atoms with Crippen molar-refractivity contribution in [2.24, 2.45) is 0 Å². The number of aryl methyl sites for hydroxylation is 2. The Morgan fingerprint density at radius 1 is 1.35 bits per heavy atom. The zero-order valence-electron chi connectivity index (χ0n) is 10.6. The van der Waals surface area contributed by atoms with Gasteiger partial charge in [0.15, 0.2) is 0 Å². The second-order valence-electron chi connectivity index (χ2n) is 5.19. The number of thiazole rings is 1. The Morgan fingerprint density at radius 2 is 2.12 bits per heavy atom. The zero-order chi connectivity index (χ0) is 11.9. The van der Waals surface area contributed by atoms with E-state index in [1.165, 1.54) is 41.3 Å². The Balaban J connectivity index is 1.85. The van der Waals surface area contributed by atoms with Crippen molar-refractivity contribution in [3.63, 3.8) is 0 Å². The third kappa shape index (κ3) is 1.83. The summed E-state index contributed by atoms with van der Waals surface area (Å²) in [5, 5.41) is 4.76. The van der Waals surface area contributed by atoms with Gasteiger partial charge in [-0.05, 0) is 45.6 Å². The van der Waals surface area contributed by atoms with Crippen molar-refractivity contribution < 1.29 is 4.74 Å². The van der Waals surface area contributed by atoms with Gasteiger partial charge in [0.05, 0.1) is 17.3 Å². The van der Waals surface area contributed by atoms with Crippen molar-refractivity contribution in [1.29, 1.82) is 0 Å². The first-order valence-corrected chi connectivity index (χ1v) is 7.30. The number of hydrogen-bond acceptors (Lipinski definition) is 4. The van der Waals surface area contributed by atoms with Crippen molar-refractivity contribution in [2.45, 2.75) is 50.2 Å². The second kappa shape index (κ2) is 4.34. The molecule has 1 aromatic heterocycles. The highest BCUT2D eigenvalue weighted by Gasteiger charge is 2.47. The van der Waals surface area contributed by atoms with E-state index in [1.54, 1.807) is 7.11 Å². The highest BCUT2D eigenvalue weighted by molar-refractivity contribution is 7.11. The first-order valence-electron chi connectivity index (χ1n) is 6.48. The third-order valence-corrected chi connectivity index (χ3v) is 5.58. The first-order chi connectivity index (χ1) is 8.27. The molecule has 2 aliphatic rings. The molecule has 0 unspecified atom stereocenters. The van der Waals surface area contributed by atoms with Gasteiger partial charge in [0.25, 0.3) is 0 Å². The second-order valence-corrected chi connectivity index (χ2v) is 6.28. The molecule has 1 fully saturated rings. The SMILES string of the molecule is CNC1(c2nc3c(s2)CCCC3)CC(OC)C1. The van der Waals surface area contributed by atoms with Crippen LogP contribution >= 0.6 is 11.3 Å². The first kappa shape index (κ1) is 11.6. The quantitative estimate of drug-likeness (QED) is 0.896. The number of rotatable bonds is 3. The van der Waals surface area contributed by atoms with Gasteiger partial charge in [-0.3, -0.25) is 0 Å². The highest BCUT2D eigenvalue weighted by atomic mass is 32.1. The molecule has 0 atom stereocenters. The summed E-state index contributed by atoms with van der Waals surface area (Å²) >= 11 is 1.93. The van der Waals surface area contributed by atoms with Crippen LogP contribution in [0.2, 0.25) is 0 Å². The lowest BCUT2D eigenvalue weighted by molar-refractivity contribution is -0.0300. The largest absolute Gasteiger partial charge is 0.381 e. The van der Waals surface area contributed by atoms with Gasteiger partial charge in [-0.2, -0.15) is 0 Å². The van der Waals surface area contributed by atoms with Crippen molar-refractivity contribution in [2.75, 3.05) is 14.2 Å². The molecular formula is C13H20N2OS. The van der Waals surface area contributed by atoms with Gasteiger partial charge in [0.2, 0.25) is 0 Å². The Kier molecular flexibility index (Phi) is 2.97. The van der Waals surface area contributed by atoms with E-state index in [0.717, 1.165) is 12.8 Å². The summed E-state index contributed by atoms with van der Waals surface area (Å²) in [4.78, 5) is 6.41. The van der Waals surface area contributed by atoms with Crippen molar-refractivity contribution in [3.8, 4) is 0 Å². The van der Waals surface area contributed by atoms with Crippen LogP contribution in [0.15, 0.2) is 0 Å². The summed E-state index contributed by atoms with van der Waals surface area (Å²) in [6, 6.07) is 0. The number of nitrogens with one attached hydrogen (secondary N) is 1. The fourth-order valence-electron chi connectivity index (χ4n) is 2.93. The summed E-state index contributed by atoms with van der Waals surface area (Å²) in [6.45, 7) is 0. The Hall–Kier alpha value is -0.450. The van der Waals surface area contributed by atoms with Gasteiger partial charge >= 0.3 is 0 Å². The van der Waals surface area contributed by atoms with E-state index < -0.39 is 0 Å². The number of fused-ring (bicyclic) bond motifs is 1. The number of methoxy groups -OCH3 is 1. The highest BCUT2D eigenvalue weighted by Crippen LogP contribution is 2.45. The standard InChI is InChI=1S/C13H20N2OS/c1-14-13(7-9(8-13)16-2)12-15-10-5-3-4-6-11(10)17-12/h9,14H,3-8H2,1-2H3. The number of ether oxygens (including phenoxy) is 1. The van der Waals surface area contributed by atoms with Gasteiger partial charge in [0, 0.05) is 12.0 Å². The predicted molar refractivity (Wildman–Crippen MR) is 69.5 cm³/mol. The van der Waals surface area contributed by atoms with Gasteiger partial charge in [-0.15, -0.1) is 11.3 Å². The third-order valence-electron chi connectivity index (χ3n) is 4.22. The minimum atomic E-state index is 0.0999. The molecule has 2 aliphatic carbocycles. The minimum Gasteiger partial charge on any atom is -0.381 e. The maximum atomic E-state index is 5.40. The molecule has 0 aromatic carbocycles. The maximum Gasteiger partial charge on any atom is 0.113 e. The van der Waals surface area contributed by atoms with E-state index in [-0.39, 0.29) is 5.54 Å². The van der Waals surface area contributed by atoms with E-state index >= 15 is 0 Å². The van der Waals surface area contributed by atoms with Crippen LogP contribution < -0.4 is 5.32 Å². The molecule has 1 aromatic rings. The lowest BCUT2D eigenvalue weighted by Crippen LogP contribution is -2.54. The zero-order valence-corrected chi connectivity index (χ0v) is 11.4. The molecule has 4 heteroatoms. The lowest BCUT2D eigenvalue weighted by atomic mass is 9.74. The summed E-state index contributed by atoms with van der Waals surface area (Å²) in [5.74, 6) is 0. The molecule has 94 valence electrons. The van der Waals surface area contributed by atoms with Gasteiger partial charge < -0.3 is 10.1 Å². The van der Waals surface area contributed by atoms with Crippen LogP contribution in [0.1, 0.15) is 41.3 Å². The normalized spacial score (nSPS) is 32.0. The molecule has 0 bridgehead atoms. The van der Waals surface area contributed by atoms with Gasteiger partial charge in [0.1, 0.15) is 5.01 Å². The average Bonchev–Trinajstić information content (AvgIpc) is 2.72. The summed E-state index contributed by atoms with van der Waals surface area (Å²) in [7, 11) is 3.85. The van der Waals surface area contributed by atoms with Crippen LogP contribution in [0.5, 0.6) is 0 Å². The van der Waals surface area contributed by atoms with Crippen LogP contribution in [0, 0.1) is 0 Å². The fraction of sp³-hybridized carbons (Fsp3) is 0.769. The summed E-state index contributed by atoms with van der Waals surface area (Å²) < 4.78 is 5.40. The van der Waals surface area contributed by atoms with E-state index in [0.29, 0.717) is 6.10 Å². The van der Waals surface area contributed by atoms with Gasteiger partial charge in [-0.25, -0.2) is 4.98 Å². The molecule has 17 heavy (non-hydrogen) atoms. The predicted octanol–water partition coefficient (Wildman–Crippen LogP) is 2.25. The molecule has 0 saturated heterocycles. The Morgan fingerprint density at radius 3 is 2.76 bits per heavy atom. The topological polar surface area (TPSA) is 34.2 Å². The van der Waals surface area contributed by atoms with Crippen LogP contribution in [0.3, 0.4) is 0 Å². The number of hydrogen-bond donors (Lipinski definition) is 1. The van der Waals surface area contributed by atoms with Crippen molar-refractivity contribution in [1.82, 2.24) is 10.3 Å².